The highest BCUT2D eigenvalue weighted by atomic mass is 32.2. The topological polar surface area (TPSA) is 83.9 Å². The molecule has 1 heterocycles. The zero-order valence-electron chi connectivity index (χ0n) is 18.6. The molecule has 0 radical (unpaired) electrons. The molecule has 0 saturated heterocycles. The van der Waals surface area contributed by atoms with Crippen molar-refractivity contribution in [1.82, 2.24) is 4.31 Å². The van der Waals surface area contributed by atoms with Crippen molar-refractivity contribution in [2.45, 2.75) is 49.8 Å². The lowest BCUT2D eigenvalue weighted by Gasteiger charge is -2.22. The Kier molecular flexibility index (Phi) is 7.59. The number of benzene rings is 2. The van der Waals surface area contributed by atoms with Crippen LogP contribution < -0.4 is 4.74 Å². The van der Waals surface area contributed by atoms with E-state index < -0.39 is 21.6 Å². The first-order valence-electron chi connectivity index (χ1n) is 10.6. The van der Waals surface area contributed by atoms with E-state index in [-0.39, 0.29) is 0 Å². The van der Waals surface area contributed by atoms with Gasteiger partial charge in [-0.25, -0.2) is 13.2 Å². The summed E-state index contributed by atoms with van der Waals surface area (Å²) in [6, 6.07) is 16.7. The van der Waals surface area contributed by atoms with Gasteiger partial charge in [0.2, 0.25) is 0 Å². The minimum absolute atomic E-state index is 0.374. The van der Waals surface area contributed by atoms with Gasteiger partial charge in [-0.3, -0.25) is 0 Å². The third-order valence-corrected chi connectivity index (χ3v) is 8.59. The Labute approximate surface area is 193 Å². The number of carboxylic acids is 1. The van der Waals surface area contributed by atoms with E-state index in [1.165, 1.54) is 25.2 Å². The summed E-state index contributed by atoms with van der Waals surface area (Å²) in [4.78, 5) is 11.3. The number of ether oxygens (including phenoxy) is 1. The highest BCUT2D eigenvalue weighted by Gasteiger charge is 2.29. The smallest absolute Gasteiger partial charge is 0.347 e. The van der Waals surface area contributed by atoms with E-state index in [0.717, 1.165) is 22.1 Å². The van der Waals surface area contributed by atoms with Crippen molar-refractivity contribution in [2.24, 2.45) is 0 Å². The lowest BCUT2D eigenvalue weighted by molar-refractivity contribution is -0.152. The second-order valence-corrected chi connectivity index (χ2v) is 11.4. The average molecular weight is 476 g/mol. The van der Waals surface area contributed by atoms with Gasteiger partial charge in [0.05, 0.1) is 0 Å². The van der Waals surface area contributed by atoms with Crippen LogP contribution in [-0.4, -0.2) is 42.5 Å². The largest absolute Gasteiger partial charge is 0.478 e. The Morgan fingerprint density at radius 1 is 1.09 bits per heavy atom. The maximum atomic E-state index is 13.3. The van der Waals surface area contributed by atoms with Gasteiger partial charge >= 0.3 is 5.97 Å². The molecule has 1 N–H and O–H groups in total. The molecule has 0 aliphatic carbocycles. The highest BCUT2D eigenvalue weighted by molar-refractivity contribution is 7.91. The predicted molar refractivity (Wildman–Crippen MR) is 128 cm³/mol. The van der Waals surface area contributed by atoms with Crippen molar-refractivity contribution in [2.75, 3.05) is 13.1 Å². The van der Waals surface area contributed by atoms with Crippen LogP contribution >= 0.6 is 11.3 Å². The summed E-state index contributed by atoms with van der Waals surface area (Å²) >= 11 is 1.30. The Balaban J connectivity index is 1.68. The molecule has 0 spiro atoms. The number of sulfonamides is 1. The van der Waals surface area contributed by atoms with Gasteiger partial charge < -0.3 is 9.84 Å². The normalized spacial score (nSPS) is 12.4. The van der Waals surface area contributed by atoms with Gasteiger partial charge in [0.15, 0.2) is 5.60 Å². The van der Waals surface area contributed by atoms with Gasteiger partial charge in [0.25, 0.3) is 10.0 Å². The summed E-state index contributed by atoms with van der Waals surface area (Å²) in [5.41, 5.74) is -0.353. The second-order valence-electron chi connectivity index (χ2n) is 8.18. The summed E-state index contributed by atoms with van der Waals surface area (Å²) < 4.78 is 35.0. The standard InChI is InChI=1S/C24H29NO5S2/c1-4-14-25(32(28,29)22-17-19-11-5-6-13-21(19)31-22)15-8-10-18-9-7-12-20(16-18)30-24(2,3)23(26)27/h5-7,9,11-13,16-17H,4,8,10,14-15H2,1-3H3,(H,26,27). The molecular formula is C24H29NO5S2. The minimum Gasteiger partial charge on any atom is -0.478 e. The predicted octanol–water partition coefficient (Wildman–Crippen LogP) is 5.18. The molecule has 2 aromatic carbocycles. The lowest BCUT2D eigenvalue weighted by atomic mass is 10.1. The maximum absolute atomic E-state index is 13.3. The van der Waals surface area contributed by atoms with Crippen molar-refractivity contribution in [3.63, 3.8) is 0 Å². The fraction of sp³-hybridized carbons (Fsp3) is 0.375. The molecule has 0 saturated carbocycles. The molecule has 0 unspecified atom stereocenters. The number of aliphatic carboxylic acids is 1. The molecule has 3 aromatic rings. The van der Waals surface area contributed by atoms with E-state index in [4.69, 9.17) is 4.74 Å². The number of carboxylic acid groups (broad SMARTS) is 1. The summed E-state index contributed by atoms with van der Waals surface area (Å²) in [6.45, 7) is 5.86. The number of carbonyl (C=O) groups is 1. The monoisotopic (exact) mass is 475 g/mol. The van der Waals surface area contributed by atoms with Crippen LogP contribution in [0.2, 0.25) is 0 Å². The zero-order chi connectivity index (χ0) is 23.4. The van der Waals surface area contributed by atoms with Gasteiger partial charge in [-0.1, -0.05) is 37.3 Å². The molecule has 8 heteroatoms. The van der Waals surface area contributed by atoms with E-state index >= 15 is 0 Å². The molecule has 0 bridgehead atoms. The number of hydrogen-bond donors (Lipinski definition) is 1. The molecule has 1 aromatic heterocycles. The minimum atomic E-state index is -3.56. The highest BCUT2D eigenvalue weighted by Crippen LogP contribution is 2.31. The van der Waals surface area contributed by atoms with Crippen LogP contribution in [0.5, 0.6) is 5.75 Å². The number of fused-ring (bicyclic) bond motifs is 1. The van der Waals surface area contributed by atoms with E-state index in [2.05, 4.69) is 0 Å². The van der Waals surface area contributed by atoms with Crippen LogP contribution in [0.1, 0.15) is 39.2 Å². The summed E-state index contributed by atoms with van der Waals surface area (Å²) in [5.74, 6) is -0.553. The van der Waals surface area contributed by atoms with Crippen LogP contribution in [0.4, 0.5) is 0 Å². The third-order valence-electron chi connectivity index (χ3n) is 5.13. The second kappa shape index (κ2) is 10.0. The first kappa shape index (κ1) is 24.2. The van der Waals surface area contributed by atoms with Crippen molar-refractivity contribution in [3.05, 3.63) is 60.2 Å². The van der Waals surface area contributed by atoms with Gasteiger partial charge in [0, 0.05) is 17.8 Å². The van der Waals surface area contributed by atoms with Gasteiger partial charge in [-0.15, -0.1) is 11.3 Å². The van der Waals surface area contributed by atoms with Crippen LogP contribution in [-0.2, 0) is 21.2 Å². The van der Waals surface area contributed by atoms with E-state index in [1.807, 2.05) is 49.4 Å². The quantitative estimate of drug-likeness (QED) is 0.413. The number of thiophene rings is 1. The molecule has 172 valence electrons. The Hall–Kier alpha value is -2.42. The van der Waals surface area contributed by atoms with E-state index in [0.29, 0.717) is 35.9 Å². The lowest BCUT2D eigenvalue weighted by Crippen LogP contribution is -2.37. The fourth-order valence-electron chi connectivity index (χ4n) is 3.38. The molecule has 0 aliphatic heterocycles. The molecular weight excluding hydrogens is 446 g/mol. The summed E-state index contributed by atoms with van der Waals surface area (Å²) in [6.07, 6.45) is 2.04. The van der Waals surface area contributed by atoms with E-state index in [9.17, 15) is 18.3 Å². The first-order valence-corrected chi connectivity index (χ1v) is 12.9. The van der Waals surface area contributed by atoms with Crippen molar-refractivity contribution < 1.29 is 23.1 Å². The molecule has 32 heavy (non-hydrogen) atoms. The molecule has 3 rings (SSSR count). The van der Waals surface area contributed by atoms with Gasteiger partial charge in [0.1, 0.15) is 9.96 Å². The van der Waals surface area contributed by atoms with E-state index in [1.54, 1.807) is 16.4 Å². The first-order chi connectivity index (χ1) is 15.1. The fourth-order valence-corrected chi connectivity index (χ4v) is 6.50. The van der Waals surface area contributed by atoms with Crippen molar-refractivity contribution in [1.29, 1.82) is 0 Å². The molecule has 0 amide bonds. The number of rotatable bonds is 11. The Bertz CT molecular complexity index is 1150. The van der Waals surface area contributed by atoms with Crippen LogP contribution in [0, 0.1) is 0 Å². The number of hydrogen-bond acceptors (Lipinski definition) is 5. The molecule has 0 atom stereocenters. The molecule has 6 nitrogen and oxygen atoms in total. The average Bonchev–Trinajstić information content (AvgIpc) is 3.18. The number of nitrogens with zero attached hydrogens (tertiary/aromatic N) is 1. The van der Waals surface area contributed by atoms with Crippen LogP contribution in [0.3, 0.4) is 0 Å². The summed E-state index contributed by atoms with van der Waals surface area (Å²) in [5, 5.41) is 10.2. The van der Waals surface area contributed by atoms with Crippen LogP contribution in [0.15, 0.2) is 58.8 Å². The zero-order valence-corrected chi connectivity index (χ0v) is 20.2. The maximum Gasteiger partial charge on any atom is 0.347 e. The SMILES string of the molecule is CCCN(CCCc1cccc(OC(C)(C)C(=O)O)c1)S(=O)(=O)c1cc2ccccc2s1. The third kappa shape index (κ3) is 5.68. The van der Waals surface area contributed by atoms with Gasteiger partial charge in [-0.2, -0.15) is 4.31 Å². The van der Waals surface area contributed by atoms with Gasteiger partial charge in [-0.05, 0) is 68.3 Å². The Morgan fingerprint density at radius 2 is 1.84 bits per heavy atom. The Morgan fingerprint density at radius 3 is 2.53 bits per heavy atom. The molecule has 0 fully saturated rings. The summed E-state index contributed by atoms with van der Waals surface area (Å²) in [7, 11) is -3.56. The van der Waals surface area contributed by atoms with Crippen LogP contribution in [0.25, 0.3) is 10.1 Å². The van der Waals surface area contributed by atoms with Crippen molar-refractivity contribution in [3.8, 4) is 5.75 Å². The molecule has 0 aliphatic rings. The number of aryl methyl sites for hydroxylation is 1. The van der Waals surface area contributed by atoms with Crippen molar-refractivity contribution >= 4 is 37.4 Å².